The lowest BCUT2D eigenvalue weighted by Gasteiger charge is -2.39. The van der Waals surface area contributed by atoms with Crippen molar-refractivity contribution in [1.82, 2.24) is 19.6 Å². The van der Waals surface area contributed by atoms with Crippen molar-refractivity contribution < 1.29 is 44.3 Å². The molecule has 1 saturated heterocycles. The fourth-order valence-electron chi connectivity index (χ4n) is 5.15. The first-order valence-corrected chi connectivity index (χ1v) is 11.9. The molecule has 1 aliphatic heterocycles. The number of fused-ring (bicyclic) bond motifs is 3. The number of piperidine rings is 1. The zero-order chi connectivity index (χ0) is 28.3. The summed E-state index contributed by atoms with van der Waals surface area (Å²) in [5, 5.41) is 6.90. The van der Waals surface area contributed by atoms with Gasteiger partial charge in [-0.1, -0.05) is 0 Å². The van der Waals surface area contributed by atoms with Crippen molar-refractivity contribution >= 4 is 17.3 Å². The van der Waals surface area contributed by atoms with Crippen molar-refractivity contribution in [2.75, 3.05) is 23.3 Å². The molecule has 1 saturated carbocycles. The molecule has 7 nitrogen and oxygen atoms in total. The van der Waals surface area contributed by atoms with Crippen molar-refractivity contribution in [3.63, 3.8) is 0 Å². The Labute approximate surface area is 215 Å². The topological polar surface area (TPSA) is 67.6 Å². The van der Waals surface area contributed by atoms with Crippen LogP contribution >= 0.6 is 0 Å². The van der Waals surface area contributed by atoms with E-state index in [4.69, 9.17) is 4.74 Å². The van der Waals surface area contributed by atoms with Crippen LogP contribution in [0.15, 0.2) is 30.5 Å². The van der Waals surface area contributed by atoms with E-state index in [1.807, 2.05) is 0 Å². The minimum atomic E-state index is -4.87. The normalized spacial score (nSPS) is 22.8. The van der Waals surface area contributed by atoms with E-state index in [2.05, 4.69) is 20.4 Å². The second kappa shape index (κ2) is 9.33. The number of alkyl halides is 9. The molecule has 16 heteroatoms. The Hall–Kier alpha value is -3.46. The molecule has 2 aliphatic rings. The predicted octanol–water partition coefficient (Wildman–Crippen LogP) is 5.82. The van der Waals surface area contributed by atoms with Crippen LogP contribution < -0.4 is 15.0 Å². The standard InChI is InChI=1S/C23H21F9N6O/c1-11(21(24,25)26)39-15-4-5-17(23(30,31)32)38-19(15)35-20(36-38)34-18-12-2-3-13(18)10-37(9-12)14-6-7-33-16(8-14)22(27,28)29/h4-8,11-13,18H,2-3,9-10H2,1H3,(H,34,36)/t11?,12-,13+,18-. The zero-order valence-corrected chi connectivity index (χ0v) is 20.1. The van der Waals surface area contributed by atoms with Crippen molar-refractivity contribution in [1.29, 1.82) is 0 Å². The molecule has 4 heterocycles. The van der Waals surface area contributed by atoms with Gasteiger partial charge in [0.1, 0.15) is 11.4 Å². The number of pyridine rings is 2. The second-order valence-corrected chi connectivity index (χ2v) is 9.62. The number of nitrogens with zero attached hydrogens (tertiary/aromatic N) is 5. The largest absolute Gasteiger partial charge is 0.477 e. The second-order valence-electron chi connectivity index (χ2n) is 9.62. The van der Waals surface area contributed by atoms with Gasteiger partial charge in [-0.25, -0.2) is 4.52 Å². The van der Waals surface area contributed by atoms with E-state index in [1.54, 1.807) is 4.90 Å². The van der Waals surface area contributed by atoms with Gasteiger partial charge in [0.15, 0.2) is 17.5 Å². The molecule has 1 unspecified atom stereocenters. The van der Waals surface area contributed by atoms with Crippen LogP contribution in [-0.4, -0.2) is 51.0 Å². The first-order valence-electron chi connectivity index (χ1n) is 11.9. The maximum absolute atomic E-state index is 13.6. The van der Waals surface area contributed by atoms with Gasteiger partial charge in [-0.15, -0.1) is 5.10 Å². The first-order chi connectivity index (χ1) is 18.1. The van der Waals surface area contributed by atoms with Gasteiger partial charge in [0.25, 0.3) is 0 Å². The number of anilines is 2. The van der Waals surface area contributed by atoms with E-state index in [0.29, 0.717) is 42.2 Å². The Bertz CT molecular complexity index is 1340. The van der Waals surface area contributed by atoms with Crippen LogP contribution in [0.3, 0.4) is 0 Å². The van der Waals surface area contributed by atoms with Crippen LogP contribution in [0.4, 0.5) is 51.1 Å². The Morgan fingerprint density at radius 3 is 2.21 bits per heavy atom. The van der Waals surface area contributed by atoms with Crippen LogP contribution in [0.1, 0.15) is 31.2 Å². The predicted molar refractivity (Wildman–Crippen MR) is 119 cm³/mol. The first kappa shape index (κ1) is 27.1. The van der Waals surface area contributed by atoms with Gasteiger partial charge in [-0.3, -0.25) is 4.98 Å². The molecule has 0 radical (unpaired) electrons. The fourth-order valence-corrected chi connectivity index (χ4v) is 5.15. The number of ether oxygens (including phenoxy) is 1. The molecule has 3 aromatic heterocycles. The van der Waals surface area contributed by atoms with E-state index >= 15 is 0 Å². The number of rotatable bonds is 5. The van der Waals surface area contributed by atoms with Gasteiger partial charge < -0.3 is 15.0 Å². The molecule has 39 heavy (non-hydrogen) atoms. The van der Waals surface area contributed by atoms with Crippen LogP contribution in [0.5, 0.6) is 5.75 Å². The Kier molecular flexibility index (Phi) is 6.49. The number of aromatic nitrogens is 4. The van der Waals surface area contributed by atoms with Crippen molar-refractivity contribution in [2.24, 2.45) is 11.8 Å². The van der Waals surface area contributed by atoms with E-state index in [0.717, 1.165) is 25.3 Å². The highest BCUT2D eigenvalue weighted by Crippen LogP contribution is 2.41. The molecular weight excluding hydrogens is 547 g/mol. The summed E-state index contributed by atoms with van der Waals surface area (Å²) in [5.74, 6) is -0.944. The summed E-state index contributed by atoms with van der Waals surface area (Å²) in [5.41, 5.74) is -2.44. The molecule has 0 amide bonds. The molecule has 4 atom stereocenters. The molecule has 1 N–H and O–H groups in total. The highest BCUT2D eigenvalue weighted by molar-refractivity contribution is 5.58. The van der Waals surface area contributed by atoms with Gasteiger partial charge in [0.2, 0.25) is 5.95 Å². The van der Waals surface area contributed by atoms with E-state index in [1.165, 1.54) is 6.07 Å². The molecule has 1 aliphatic carbocycles. The molecule has 0 aromatic carbocycles. The SMILES string of the molecule is CC(Oc1ccc(C(F)(F)F)n2nc(N[C@@H]3[C@@H]4CC[C@H]3CN(c3ccnc(C(F)(F)F)c3)C4)nc12)C(F)(F)F. The quantitative estimate of drug-likeness (QED) is 0.392. The lowest BCUT2D eigenvalue weighted by atomic mass is 9.92. The maximum atomic E-state index is 13.6. The lowest BCUT2D eigenvalue weighted by molar-refractivity contribution is -0.189. The third-order valence-corrected chi connectivity index (χ3v) is 7.03. The Morgan fingerprint density at radius 1 is 0.949 bits per heavy atom. The lowest BCUT2D eigenvalue weighted by Crippen LogP contribution is -2.48. The average molecular weight is 568 g/mol. The van der Waals surface area contributed by atoms with E-state index < -0.39 is 47.4 Å². The Morgan fingerprint density at radius 2 is 1.62 bits per heavy atom. The number of halogens is 9. The third kappa shape index (κ3) is 5.37. The number of hydrogen-bond acceptors (Lipinski definition) is 6. The van der Waals surface area contributed by atoms with Crippen LogP contribution in [0, 0.1) is 11.8 Å². The smallest absolute Gasteiger partial charge is 0.433 e. The van der Waals surface area contributed by atoms with Gasteiger partial charge in [0.05, 0.1) is 0 Å². The highest BCUT2D eigenvalue weighted by atomic mass is 19.4. The van der Waals surface area contributed by atoms with Crippen molar-refractivity contribution in [3.05, 3.63) is 41.9 Å². The molecule has 212 valence electrons. The summed E-state index contributed by atoms with van der Waals surface area (Å²) in [6.45, 7) is 1.46. The van der Waals surface area contributed by atoms with Gasteiger partial charge in [0, 0.05) is 31.0 Å². The summed E-state index contributed by atoms with van der Waals surface area (Å²) < 4.78 is 124. The summed E-state index contributed by atoms with van der Waals surface area (Å²) in [4.78, 5) is 9.21. The summed E-state index contributed by atoms with van der Waals surface area (Å²) in [6.07, 6.45) is -14.0. The van der Waals surface area contributed by atoms with Crippen LogP contribution in [-0.2, 0) is 12.4 Å². The fraction of sp³-hybridized carbons (Fsp3) is 0.522. The third-order valence-electron chi connectivity index (χ3n) is 7.03. The highest BCUT2D eigenvalue weighted by Gasteiger charge is 2.44. The van der Waals surface area contributed by atoms with Gasteiger partial charge in [-0.05, 0) is 55.9 Å². The Balaban J connectivity index is 1.40. The average Bonchev–Trinajstić information content (AvgIpc) is 3.34. The molecule has 2 fully saturated rings. The van der Waals surface area contributed by atoms with Gasteiger partial charge >= 0.3 is 18.5 Å². The monoisotopic (exact) mass is 568 g/mol. The van der Waals surface area contributed by atoms with Crippen LogP contribution in [0.2, 0.25) is 0 Å². The molecule has 0 spiro atoms. The molecule has 2 bridgehead atoms. The summed E-state index contributed by atoms with van der Waals surface area (Å²) in [7, 11) is 0. The van der Waals surface area contributed by atoms with E-state index in [9.17, 15) is 39.5 Å². The minimum Gasteiger partial charge on any atom is -0.477 e. The maximum Gasteiger partial charge on any atom is 0.433 e. The van der Waals surface area contributed by atoms with Crippen molar-refractivity contribution in [2.45, 2.75) is 50.4 Å². The summed E-state index contributed by atoms with van der Waals surface area (Å²) in [6, 6.07) is 3.48. The molecular formula is C23H21F9N6O. The summed E-state index contributed by atoms with van der Waals surface area (Å²) >= 11 is 0. The molecule has 3 aromatic rings. The zero-order valence-electron chi connectivity index (χ0n) is 20.1. The van der Waals surface area contributed by atoms with E-state index in [-0.39, 0.29) is 23.8 Å². The molecule has 5 rings (SSSR count). The van der Waals surface area contributed by atoms with Gasteiger partial charge in [-0.2, -0.15) is 44.5 Å². The minimum absolute atomic E-state index is 0.0964. The number of hydrogen-bond donors (Lipinski definition) is 1. The number of nitrogens with one attached hydrogen (secondary N) is 1. The van der Waals surface area contributed by atoms with Crippen LogP contribution in [0.25, 0.3) is 5.65 Å². The van der Waals surface area contributed by atoms with Crippen molar-refractivity contribution in [3.8, 4) is 5.75 Å².